The molecule has 0 saturated heterocycles. The van der Waals surface area contributed by atoms with Crippen molar-refractivity contribution >= 4 is 11.9 Å². The van der Waals surface area contributed by atoms with Gasteiger partial charge in [0.1, 0.15) is 0 Å². The Balaban J connectivity index is 2.22. The molecule has 0 radical (unpaired) electrons. The fourth-order valence-corrected chi connectivity index (χ4v) is 2.14. The molecule has 6 nitrogen and oxygen atoms in total. The summed E-state index contributed by atoms with van der Waals surface area (Å²) in [4.78, 5) is 23.5. The Morgan fingerprint density at radius 2 is 2.00 bits per heavy atom. The van der Waals surface area contributed by atoms with Gasteiger partial charge in [0.2, 0.25) is 0 Å². The molecule has 0 aliphatic heterocycles. The third-order valence-corrected chi connectivity index (χ3v) is 3.24. The van der Waals surface area contributed by atoms with Gasteiger partial charge in [-0.3, -0.25) is 9.48 Å². The normalized spacial score (nSPS) is 11.9. The molecule has 0 bridgehead atoms. The fourth-order valence-electron chi connectivity index (χ4n) is 2.14. The third-order valence-electron chi connectivity index (χ3n) is 3.24. The highest BCUT2D eigenvalue weighted by atomic mass is 16.4. The second kappa shape index (κ2) is 6.21. The number of aryl methyl sites for hydroxylation is 1. The van der Waals surface area contributed by atoms with E-state index < -0.39 is 11.9 Å². The summed E-state index contributed by atoms with van der Waals surface area (Å²) in [5, 5.41) is 16.1. The molecule has 1 atom stereocenters. The lowest BCUT2D eigenvalue weighted by Crippen LogP contribution is -2.29. The SMILES string of the molecule is CCC(NC(=O)c1ccccc1C(=O)O)c1cnn(C)c1. The number of nitrogens with zero attached hydrogens (tertiary/aromatic N) is 2. The molecular weight excluding hydrogens is 270 g/mol. The largest absolute Gasteiger partial charge is 0.478 e. The summed E-state index contributed by atoms with van der Waals surface area (Å²) in [6, 6.07) is 5.97. The first-order valence-electron chi connectivity index (χ1n) is 6.64. The number of carboxylic acid groups (broad SMARTS) is 1. The summed E-state index contributed by atoms with van der Waals surface area (Å²) in [6.45, 7) is 1.95. The van der Waals surface area contributed by atoms with Crippen LogP contribution in [-0.2, 0) is 7.05 Å². The maximum absolute atomic E-state index is 12.3. The molecule has 2 aromatic rings. The molecule has 21 heavy (non-hydrogen) atoms. The van der Waals surface area contributed by atoms with Crippen molar-refractivity contribution in [2.45, 2.75) is 19.4 Å². The van der Waals surface area contributed by atoms with E-state index in [0.29, 0.717) is 6.42 Å². The van der Waals surface area contributed by atoms with E-state index in [1.54, 1.807) is 30.1 Å². The van der Waals surface area contributed by atoms with Crippen LogP contribution in [0.3, 0.4) is 0 Å². The zero-order valence-corrected chi connectivity index (χ0v) is 11.9. The number of carbonyl (C=O) groups is 2. The number of benzene rings is 1. The lowest BCUT2D eigenvalue weighted by atomic mass is 10.0. The summed E-state index contributed by atoms with van der Waals surface area (Å²) >= 11 is 0. The van der Waals surface area contributed by atoms with Gasteiger partial charge in [0.05, 0.1) is 23.4 Å². The number of carbonyl (C=O) groups excluding carboxylic acids is 1. The van der Waals surface area contributed by atoms with Gasteiger partial charge in [0.25, 0.3) is 5.91 Å². The number of hydrogen-bond acceptors (Lipinski definition) is 3. The van der Waals surface area contributed by atoms with E-state index in [9.17, 15) is 9.59 Å². The molecule has 1 heterocycles. The van der Waals surface area contributed by atoms with Crippen molar-refractivity contribution in [3.8, 4) is 0 Å². The molecule has 1 unspecified atom stereocenters. The average Bonchev–Trinajstić information content (AvgIpc) is 2.90. The van der Waals surface area contributed by atoms with Crippen LogP contribution in [0, 0.1) is 0 Å². The summed E-state index contributed by atoms with van der Waals surface area (Å²) < 4.78 is 1.66. The molecule has 110 valence electrons. The fraction of sp³-hybridized carbons (Fsp3) is 0.267. The molecule has 2 rings (SSSR count). The van der Waals surface area contributed by atoms with Crippen LogP contribution in [0.25, 0.3) is 0 Å². The van der Waals surface area contributed by atoms with E-state index in [2.05, 4.69) is 10.4 Å². The first kappa shape index (κ1) is 14.8. The van der Waals surface area contributed by atoms with Crippen molar-refractivity contribution in [1.29, 1.82) is 0 Å². The summed E-state index contributed by atoms with van der Waals surface area (Å²) in [5.41, 5.74) is 1.05. The van der Waals surface area contributed by atoms with Gasteiger partial charge in [-0.2, -0.15) is 5.10 Å². The molecular formula is C15H17N3O3. The molecule has 0 aliphatic carbocycles. The smallest absolute Gasteiger partial charge is 0.336 e. The number of aromatic nitrogens is 2. The van der Waals surface area contributed by atoms with E-state index in [4.69, 9.17) is 5.11 Å². The number of amides is 1. The molecule has 6 heteroatoms. The monoisotopic (exact) mass is 287 g/mol. The third kappa shape index (κ3) is 3.28. The second-order valence-corrected chi connectivity index (χ2v) is 4.73. The van der Waals surface area contributed by atoms with Crippen molar-refractivity contribution < 1.29 is 14.7 Å². The highest BCUT2D eigenvalue weighted by molar-refractivity contribution is 6.04. The number of nitrogens with one attached hydrogen (secondary N) is 1. The Bertz CT molecular complexity index is 664. The Morgan fingerprint density at radius 3 is 2.52 bits per heavy atom. The van der Waals surface area contributed by atoms with Crippen molar-refractivity contribution in [3.63, 3.8) is 0 Å². The maximum atomic E-state index is 12.3. The van der Waals surface area contributed by atoms with Gasteiger partial charge >= 0.3 is 5.97 Å². The lowest BCUT2D eigenvalue weighted by Gasteiger charge is -2.16. The Morgan fingerprint density at radius 1 is 1.33 bits per heavy atom. The van der Waals surface area contributed by atoms with Gasteiger partial charge in [-0.05, 0) is 18.6 Å². The Kier molecular flexibility index (Phi) is 4.37. The van der Waals surface area contributed by atoms with Crippen LogP contribution in [-0.4, -0.2) is 26.8 Å². The Labute approximate surface area is 122 Å². The topological polar surface area (TPSA) is 84.2 Å². The van der Waals surface area contributed by atoms with Crippen molar-refractivity contribution in [1.82, 2.24) is 15.1 Å². The molecule has 0 fully saturated rings. The number of carboxylic acids is 1. The predicted octanol–water partition coefficient (Wildman–Crippen LogP) is 2.00. The summed E-state index contributed by atoms with van der Waals surface area (Å²) in [6.07, 6.45) is 4.21. The van der Waals surface area contributed by atoms with Gasteiger partial charge in [0, 0.05) is 18.8 Å². The molecule has 0 saturated carbocycles. The number of aromatic carboxylic acids is 1. The average molecular weight is 287 g/mol. The van der Waals surface area contributed by atoms with E-state index in [1.807, 2.05) is 13.1 Å². The van der Waals surface area contributed by atoms with Crippen LogP contribution >= 0.6 is 0 Å². The number of hydrogen-bond donors (Lipinski definition) is 2. The molecule has 1 aromatic carbocycles. The molecule has 2 N–H and O–H groups in total. The zero-order chi connectivity index (χ0) is 15.4. The van der Waals surface area contributed by atoms with Crippen molar-refractivity contribution in [2.75, 3.05) is 0 Å². The first-order valence-corrected chi connectivity index (χ1v) is 6.64. The van der Waals surface area contributed by atoms with Gasteiger partial charge in [-0.1, -0.05) is 19.1 Å². The van der Waals surface area contributed by atoms with E-state index in [1.165, 1.54) is 12.1 Å². The minimum atomic E-state index is -1.12. The van der Waals surface area contributed by atoms with Gasteiger partial charge in [0.15, 0.2) is 0 Å². The van der Waals surface area contributed by atoms with Gasteiger partial charge < -0.3 is 10.4 Å². The second-order valence-electron chi connectivity index (χ2n) is 4.73. The van der Waals surface area contributed by atoms with Crippen molar-refractivity contribution in [3.05, 3.63) is 53.3 Å². The quantitative estimate of drug-likeness (QED) is 0.881. The maximum Gasteiger partial charge on any atom is 0.336 e. The standard InChI is InChI=1S/C15H17N3O3/c1-3-13(10-8-16-18(2)9-10)17-14(19)11-6-4-5-7-12(11)15(20)21/h4-9,13H,3H2,1-2H3,(H,17,19)(H,20,21). The van der Waals surface area contributed by atoms with Crippen LogP contribution in [0.5, 0.6) is 0 Å². The van der Waals surface area contributed by atoms with Crippen LogP contribution in [0.4, 0.5) is 0 Å². The first-order chi connectivity index (χ1) is 10.0. The lowest BCUT2D eigenvalue weighted by molar-refractivity contribution is 0.0690. The highest BCUT2D eigenvalue weighted by Gasteiger charge is 2.19. The molecule has 0 aliphatic rings. The van der Waals surface area contributed by atoms with Crippen LogP contribution in [0.15, 0.2) is 36.7 Å². The van der Waals surface area contributed by atoms with Gasteiger partial charge in [-0.25, -0.2) is 4.79 Å². The van der Waals surface area contributed by atoms with Gasteiger partial charge in [-0.15, -0.1) is 0 Å². The molecule has 1 aromatic heterocycles. The van der Waals surface area contributed by atoms with Crippen LogP contribution in [0.1, 0.15) is 45.7 Å². The minimum absolute atomic E-state index is 0.00367. The molecule has 1 amide bonds. The van der Waals surface area contributed by atoms with E-state index >= 15 is 0 Å². The number of rotatable bonds is 5. The molecule has 0 spiro atoms. The summed E-state index contributed by atoms with van der Waals surface area (Å²) in [7, 11) is 1.80. The van der Waals surface area contributed by atoms with Crippen LogP contribution < -0.4 is 5.32 Å². The predicted molar refractivity (Wildman–Crippen MR) is 77.1 cm³/mol. The zero-order valence-electron chi connectivity index (χ0n) is 11.9. The summed E-state index contributed by atoms with van der Waals surface area (Å²) in [5.74, 6) is -1.51. The minimum Gasteiger partial charge on any atom is -0.478 e. The van der Waals surface area contributed by atoms with E-state index in [-0.39, 0.29) is 17.2 Å². The Hall–Kier alpha value is -2.63. The van der Waals surface area contributed by atoms with Crippen LogP contribution in [0.2, 0.25) is 0 Å². The van der Waals surface area contributed by atoms with E-state index in [0.717, 1.165) is 5.56 Å². The van der Waals surface area contributed by atoms with Crippen molar-refractivity contribution in [2.24, 2.45) is 7.05 Å². The highest BCUT2D eigenvalue weighted by Crippen LogP contribution is 2.17.